The van der Waals surface area contributed by atoms with Crippen LogP contribution in [0.2, 0.25) is 0 Å². The highest BCUT2D eigenvalue weighted by atomic mass is 16.5. The quantitative estimate of drug-likeness (QED) is 0.821. The molecule has 0 amide bonds. The van der Waals surface area contributed by atoms with Gasteiger partial charge in [0.15, 0.2) is 5.78 Å². The molecule has 94 valence electrons. The van der Waals surface area contributed by atoms with Gasteiger partial charge >= 0.3 is 0 Å². The monoisotopic (exact) mass is 246 g/mol. The fourth-order valence-corrected chi connectivity index (χ4v) is 1.83. The van der Waals surface area contributed by atoms with Crippen molar-refractivity contribution >= 4 is 5.78 Å². The summed E-state index contributed by atoms with van der Waals surface area (Å²) < 4.78 is 5.30. The summed E-state index contributed by atoms with van der Waals surface area (Å²) in [5.74, 6) is 0.651. The number of nitrogens with one attached hydrogen (secondary N) is 1. The van der Waals surface area contributed by atoms with Crippen LogP contribution in [0.25, 0.3) is 0 Å². The van der Waals surface area contributed by atoms with Crippen LogP contribution in [0, 0.1) is 13.8 Å². The van der Waals surface area contributed by atoms with Crippen LogP contribution in [0.5, 0.6) is 5.75 Å². The van der Waals surface area contributed by atoms with Gasteiger partial charge in [0.2, 0.25) is 0 Å². The molecule has 0 saturated heterocycles. The maximum Gasteiger partial charge on any atom is 0.190 e. The van der Waals surface area contributed by atoms with Crippen molar-refractivity contribution in [1.29, 1.82) is 0 Å². The molecule has 6 nitrogen and oxygen atoms in total. The van der Waals surface area contributed by atoms with E-state index in [9.17, 15) is 4.79 Å². The Morgan fingerprint density at radius 1 is 1.39 bits per heavy atom. The number of hydrogen-bond donors (Lipinski definition) is 1. The molecule has 0 aliphatic rings. The average Bonchev–Trinajstić information content (AvgIpc) is 2.87. The number of hydrogen-bond acceptors (Lipinski definition) is 5. The molecule has 0 radical (unpaired) electrons. The fraction of sp³-hybridized carbons (Fsp3) is 0.333. The van der Waals surface area contributed by atoms with Gasteiger partial charge in [-0.15, -0.1) is 0 Å². The Morgan fingerprint density at radius 3 is 2.78 bits per heavy atom. The van der Waals surface area contributed by atoms with Crippen molar-refractivity contribution in [1.82, 2.24) is 20.4 Å². The normalized spacial score (nSPS) is 10.4. The number of aryl methyl sites for hydroxylation is 1. The number of ether oxygens (including phenoxy) is 1. The zero-order valence-electron chi connectivity index (χ0n) is 10.5. The van der Waals surface area contributed by atoms with E-state index < -0.39 is 0 Å². The van der Waals surface area contributed by atoms with Crippen molar-refractivity contribution < 1.29 is 9.53 Å². The molecule has 1 N–H and O–H groups in total. The average molecular weight is 246 g/mol. The number of H-pyrrole nitrogens is 1. The van der Waals surface area contributed by atoms with Gasteiger partial charge in [-0.2, -0.15) is 15.4 Å². The van der Waals surface area contributed by atoms with Crippen LogP contribution in [0.15, 0.2) is 12.4 Å². The maximum absolute atomic E-state index is 11.9. The van der Waals surface area contributed by atoms with Gasteiger partial charge in [0.1, 0.15) is 11.4 Å². The van der Waals surface area contributed by atoms with Crippen molar-refractivity contribution in [2.24, 2.45) is 0 Å². The van der Waals surface area contributed by atoms with E-state index in [-0.39, 0.29) is 12.2 Å². The van der Waals surface area contributed by atoms with Gasteiger partial charge < -0.3 is 4.74 Å². The molecule has 0 saturated carbocycles. The van der Waals surface area contributed by atoms with E-state index in [0.717, 1.165) is 16.9 Å². The molecule has 18 heavy (non-hydrogen) atoms. The molecule has 2 aromatic rings. The van der Waals surface area contributed by atoms with Gasteiger partial charge in [0.25, 0.3) is 0 Å². The number of Topliss-reactive ketones (excluding diaryl/α,β-unsaturated/α-hetero) is 1. The molecule has 0 atom stereocenters. The van der Waals surface area contributed by atoms with Crippen LogP contribution in [0.4, 0.5) is 0 Å². The summed E-state index contributed by atoms with van der Waals surface area (Å²) >= 11 is 0. The molecule has 0 aromatic carbocycles. The van der Waals surface area contributed by atoms with Crippen molar-refractivity contribution in [3.8, 4) is 5.75 Å². The Labute approximate surface area is 104 Å². The molecule has 0 bridgehead atoms. The van der Waals surface area contributed by atoms with Crippen LogP contribution >= 0.6 is 0 Å². The Bertz CT molecular complexity index is 564. The maximum atomic E-state index is 11.9. The van der Waals surface area contributed by atoms with Crippen LogP contribution in [0.3, 0.4) is 0 Å². The first kappa shape index (κ1) is 12.2. The van der Waals surface area contributed by atoms with Gasteiger partial charge in [0, 0.05) is 17.3 Å². The Hall–Kier alpha value is -2.24. The van der Waals surface area contributed by atoms with Crippen molar-refractivity contribution in [2.45, 2.75) is 20.3 Å². The lowest BCUT2D eigenvalue weighted by molar-refractivity contribution is 0.0987. The molecule has 0 unspecified atom stereocenters. The third-order valence-corrected chi connectivity index (χ3v) is 2.78. The summed E-state index contributed by atoms with van der Waals surface area (Å²) in [7, 11) is 1.61. The van der Waals surface area contributed by atoms with E-state index in [1.165, 1.54) is 6.20 Å². The number of carbonyl (C=O) groups excluding carboxylic acids is 1. The molecule has 0 aliphatic heterocycles. The number of nitrogens with zero attached hydrogens (tertiary/aromatic N) is 3. The molecule has 0 spiro atoms. The van der Waals surface area contributed by atoms with Crippen molar-refractivity contribution in [2.75, 3.05) is 7.11 Å². The van der Waals surface area contributed by atoms with E-state index in [4.69, 9.17) is 4.74 Å². The SMILES string of the molecule is COc1c(C)cnc(CC(=O)c2cn[nH]n2)c1C. The minimum atomic E-state index is -0.120. The number of aromatic nitrogens is 4. The van der Waals surface area contributed by atoms with E-state index in [2.05, 4.69) is 20.4 Å². The number of carbonyl (C=O) groups is 1. The summed E-state index contributed by atoms with van der Waals surface area (Å²) in [6.07, 6.45) is 3.30. The minimum Gasteiger partial charge on any atom is -0.496 e. The summed E-state index contributed by atoms with van der Waals surface area (Å²) in [4.78, 5) is 16.2. The van der Waals surface area contributed by atoms with E-state index in [1.54, 1.807) is 13.3 Å². The molecule has 2 rings (SSSR count). The third-order valence-electron chi connectivity index (χ3n) is 2.78. The van der Waals surface area contributed by atoms with Gasteiger partial charge in [-0.25, -0.2) is 0 Å². The zero-order valence-corrected chi connectivity index (χ0v) is 10.5. The lowest BCUT2D eigenvalue weighted by Gasteiger charge is -2.11. The van der Waals surface area contributed by atoms with E-state index in [0.29, 0.717) is 11.4 Å². The standard InChI is InChI=1S/C12H14N4O2/c1-7-5-13-9(8(2)12(7)18-3)4-11(17)10-6-14-16-15-10/h5-6H,4H2,1-3H3,(H,14,15,16). The van der Waals surface area contributed by atoms with Gasteiger partial charge in [0.05, 0.1) is 25.4 Å². The van der Waals surface area contributed by atoms with Crippen LogP contribution in [-0.2, 0) is 6.42 Å². The second-order valence-corrected chi connectivity index (χ2v) is 4.00. The summed E-state index contributed by atoms with van der Waals surface area (Å²) in [6, 6.07) is 0. The second-order valence-electron chi connectivity index (χ2n) is 4.00. The molecular weight excluding hydrogens is 232 g/mol. The topological polar surface area (TPSA) is 80.8 Å². The first-order chi connectivity index (χ1) is 8.63. The number of methoxy groups -OCH3 is 1. The summed E-state index contributed by atoms with van der Waals surface area (Å²) in [5.41, 5.74) is 2.85. The smallest absolute Gasteiger partial charge is 0.190 e. The molecular formula is C12H14N4O2. The minimum absolute atomic E-state index is 0.120. The molecule has 6 heteroatoms. The molecule has 2 aromatic heterocycles. The highest BCUT2D eigenvalue weighted by Crippen LogP contribution is 2.24. The Morgan fingerprint density at radius 2 is 2.17 bits per heavy atom. The predicted molar refractivity (Wildman–Crippen MR) is 64.7 cm³/mol. The van der Waals surface area contributed by atoms with Gasteiger partial charge in [-0.1, -0.05) is 0 Å². The first-order valence-electron chi connectivity index (χ1n) is 5.51. The van der Waals surface area contributed by atoms with Crippen molar-refractivity contribution in [3.63, 3.8) is 0 Å². The fourth-order valence-electron chi connectivity index (χ4n) is 1.83. The highest BCUT2D eigenvalue weighted by molar-refractivity contribution is 5.95. The predicted octanol–water partition coefficient (Wildman–Crippen LogP) is 1.25. The number of pyridine rings is 1. The highest BCUT2D eigenvalue weighted by Gasteiger charge is 2.15. The molecule has 0 fully saturated rings. The first-order valence-corrected chi connectivity index (χ1v) is 5.51. The van der Waals surface area contributed by atoms with E-state index >= 15 is 0 Å². The second kappa shape index (κ2) is 4.95. The van der Waals surface area contributed by atoms with Crippen LogP contribution in [0.1, 0.15) is 27.3 Å². The largest absolute Gasteiger partial charge is 0.496 e. The Kier molecular flexibility index (Phi) is 3.36. The van der Waals surface area contributed by atoms with Gasteiger partial charge in [-0.3, -0.25) is 9.78 Å². The lowest BCUT2D eigenvalue weighted by atomic mass is 10.1. The number of ketones is 1. The van der Waals surface area contributed by atoms with E-state index in [1.807, 2.05) is 13.8 Å². The number of rotatable bonds is 4. The Balaban J connectivity index is 2.27. The van der Waals surface area contributed by atoms with Crippen LogP contribution in [-0.4, -0.2) is 33.3 Å². The third kappa shape index (κ3) is 2.22. The van der Waals surface area contributed by atoms with Gasteiger partial charge in [-0.05, 0) is 13.8 Å². The summed E-state index contributed by atoms with van der Waals surface area (Å²) in [5, 5.41) is 9.79. The molecule has 2 heterocycles. The number of aromatic amines is 1. The molecule has 0 aliphatic carbocycles. The lowest BCUT2D eigenvalue weighted by Crippen LogP contribution is -2.08. The van der Waals surface area contributed by atoms with Crippen molar-refractivity contribution in [3.05, 3.63) is 34.9 Å². The zero-order chi connectivity index (χ0) is 13.1. The summed E-state index contributed by atoms with van der Waals surface area (Å²) in [6.45, 7) is 3.81. The van der Waals surface area contributed by atoms with Crippen LogP contribution < -0.4 is 4.74 Å².